The Balaban J connectivity index is 1.33. The van der Waals surface area contributed by atoms with Gasteiger partial charge in [0, 0.05) is 18.7 Å². The van der Waals surface area contributed by atoms with E-state index in [0.717, 1.165) is 24.2 Å². The maximum atomic E-state index is 12.2. The van der Waals surface area contributed by atoms with Crippen molar-refractivity contribution in [1.29, 1.82) is 0 Å². The minimum atomic E-state index is -0.264. The highest BCUT2D eigenvalue weighted by Gasteiger charge is 2.36. The van der Waals surface area contributed by atoms with Gasteiger partial charge in [-0.15, -0.1) is 0 Å². The zero-order chi connectivity index (χ0) is 16.5. The monoisotopic (exact) mass is 331 g/mol. The number of carbonyl (C=O) groups excluding carboxylic acids is 1. The molecule has 0 aromatic carbocycles. The number of anilines is 1. The average molecular weight is 331 g/mol. The van der Waals surface area contributed by atoms with Gasteiger partial charge in [-0.05, 0) is 44.6 Å². The Morgan fingerprint density at radius 3 is 2.96 bits per heavy atom. The predicted molar refractivity (Wildman–Crippen MR) is 86.6 cm³/mol. The highest BCUT2D eigenvalue weighted by Crippen LogP contribution is 2.38. The molecule has 1 saturated carbocycles. The van der Waals surface area contributed by atoms with E-state index in [1.54, 1.807) is 18.4 Å². The van der Waals surface area contributed by atoms with Crippen LogP contribution in [0.1, 0.15) is 31.4 Å². The predicted octanol–water partition coefficient (Wildman–Crippen LogP) is 3.32. The first-order valence-electron chi connectivity index (χ1n) is 8.39. The van der Waals surface area contributed by atoms with E-state index >= 15 is 0 Å². The Morgan fingerprint density at radius 2 is 2.21 bits per heavy atom. The molecule has 2 aromatic rings. The molecule has 2 aliphatic rings. The lowest BCUT2D eigenvalue weighted by Gasteiger charge is -2.30. The second-order valence-electron chi connectivity index (χ2n) is 6.53. The third kappa shape index (κ3) is 3.31. The first-order valence-corrected chi connectivity index (χ1v) is 8.39. The number of carbonyl (C=O) groups is 1. The van der Waals surface area contributed by atoms with Crippen molar-refractivity contribution in [3.8, 4) is 11.3 Å². The van der Waals surface area contributed by atoms with Crippen LogP contribution < -0.4 is 10.6 Å². The first-order chi connectivity index (χ1) is 11.7. The number of furan rings is 1. The van der Waals surface area contributed by atoms with Gasteiger partial charge in [-0.25, -0.2) is 4.79 Å². The second kappa shape index (κ2) is 6.32. The molecule has 1 saturated heterocycles. The maximum absolute atomic E-state index is 12.2. The van der Waals surface area contributed by atoms with Gasteiger partial charge in [0.1, 0.15) is 5.76 Å². The van der Waals surface area contributed by atoms with E-state index in [1.165, 1.54) is 12.8 Å². The van der Waals surface area contributed by atoms with Crippen LogP contribution >= 0.6 is 0 Å². The molecule has 0 radical (unpaired) electrons. The smallest absolute Gasteiger partial charge is 0.320 e. The van der Waals surface area contributed by atoms with Crippen LogP contribution in [0.15, 0.2) is 27.3 Å². The molecule has 1 aliphatic carbocycles. The molecule has 2 atom stereocenters. The fraction of sp³-hybridized carbons (Fsp3) is 0.529. The molecular weight excluding hydrogens is 310 g/mol. The van der Waals surface area contributed by atoms with Gasteiger partial charge in [0.25, 0.3) is 0 Å². The molecule has 0 spiro atoms. The van der Waals surface area contributed by atoms with Gasteiger partial charge in [-0.3, -0.25) is 5.32 Å². The Labute approximate surface area is 139 Å². The number of ether oxygens (including phenoxy) is 1. The number of amides is 2. The van der Waals surface area contributed by atoms with Crippen molar-refractivity contribution in [2.75, 3.05) is 11.9 Å². The van der Waals surface area contributed by atoms with Crippen molar-refractivity contribution >= 4 is 11.8 Å². The van der Waals surface area contributed by atoms with Gasteiger partial charge in [0.2, 0.25) is 0 Å². The van der Waals surface area contributed by atoms with E-state index < -0.39 is 0 Å². The summed E-state index contributed by atoms with van der Waals surface area (Å²) in [7, 11) is 0. The van der Waals surface area contributed by atoms with Crippen molar-refractivity contribution in [3.05, 3.63) is 24.2 Å². The van der Waals surface area contributed by atoms with E-state index in [0.29, 0.717) is 30.2 Å². The van der Waals surface area contributed by atoms with Crippen LogP contribution in [0.25, 0.3) is 11.3 Å². The van der Waals surface area contributed by atoms with Crippen molar-refractivity contribution in [2.24, 2.45) is 5.92 Å². The summed E-state index contributed by atoms with van der Waals surface area (Å²) in [4.78, 5) is 12.2. The molecule has 0 unspecified atom stereocenters. The SMILES string of the molecule is Cc1occc1-c1cc(NC(=O)N[C@@H]2CCO[C@H](C3CC3)C2)no1. The Kier molecular flexibility index (Phi) is 4.02. The Bertz CT molecular complexity index is 719. The fourth-order valence-electron chi connectivity index (χ4n) is 3.20. The lowest BCUT2D eigenvalue weighted by Crippen LogP contribution is -2.44. The quantitative estimate of drug-likeness (QED) is 0.897. The molecule has 7 nitrogen and oxygen atoms in total. The fourth-order valence-corrected chi connectivity index (χ4v) is 3.20. The molecule has 1 aliphatic heterocycles. The molecule has 2 fully saturated rings. The van der Waals surface area contributed by atoms with Gasteiger partial charge in [-0.1, -0.05) is 5.16 Å². The summed E-state index contributed by atoms with van der Waals surface area (Å²) in [6.45, 7) is 2.55. The van der Waals surface area contributed by atoms with Crippen LogP contribution in [-0.2, 0) is 4.74 Å². The number of nitrogens with zero attached hydrogens (tertiary/aromatic N) is 1. The lowest BCUT2D eigenvalue weighted by molar-refractivity contribution is -0.00890. The third-order valence-corrected chi connectivity index (χ3v) is 4.67. The Morgan fingerprint density at radius 1 is 1.33 bits per heavy atom. The zero-order valence-corrected chi connectivity index (χ0v) is 13.6. The van der Waals surface area contributed by atoms with Crippen LogP contribution in [0.3, 0.4) is 0 Å². The molecule has 2 N–H and O–H groups in total. The van der Waals surface area contributed by atoms with Crippen molar-refractivity contribution in [1.82, 2.24) is 10.5 Å². The number of nitrogens with one attached hydrogen (secondary N) is 2. The summed E-state index contributed by atoms with van der Waals surface area (Å²) in [5, 5.41) is 9.62. The molecule has 128 valence electrons. The highest BCUT2D eigenvalue weighted by molar-refractivity contribution is 5.88. The summed E-state index contributed by atoms with van der Waals surface area (Å²) < 4.78 is 16.3. The van der Waals surface area contributed by atoms with Crippen LogP contribution in [0.2, 0.25) is 0 Å². The lowest BCUT2D eigenvalue weighted by atomic mass is 10.0. The average Bonchev–Trinajstić information content (AvgIpc) is 3.18. The molecule has 3 heterocycles. The van der Waals surface area contributed by atoms with Crippen molar-refractivity contribution in [2.45, 2.75) is 44.8 Å². The van der Waals surface area contributed by atoms with Gasteiger partial charge >= 0.3 is 6.03 Å². The highest BCUT2D eigenvalue weighted by atomic mass is 16.5. The van der Waals surface area contributed by atoms with Gasteiger partial charge < -0.3 is 19.0 Å². The van der Waals surface area contributed by atoms with E-state index in [1.807, 2.05) is 6.92 Å². The molecular formula is C17H21N3O4. The third-order valence-electron chi connectivity index (χ3n) is 4.67. The van der Waals surface area contributed by atoms with E-state index in [9.17, 15) is 4.79 Å². The normalized spacial score (nSPS) is 23.9. The second-order valence-corrected chi connectivity index (χ2v) is 6.53. The van der Waals surface area contributed by atoms with Crippen LogP contribution in [-0.4, -0.2) is 29.9 Å². The molecule has 0 bridgehead atoms. The van der Waals surface area contributed by atoms with Gasteiger partial charge in [-0.2, -0.15) is 0 Å². The summed E-state index contributed by atoms with van der Waals surface area (Å²) >= 11 is 0. The standard InChI is InChI=1S/C17H21N3O4/c1-10-13(5-7-22-10)15-9-16(20-24-15)19-17(21)18-12-4-6-23-14(8-12)11-2-3-11/h5,7,9,11-12,14H,2-4,6,8H2,1H3,(H2,18,19,20,21)/t12-,14+/m1/s1. The largest absolute Gasteiger partial charge is 0.469 e. The minimum Gasteiger partial charge on any atom is -0.469 e. The molecule has 24 heavy (non-hydrogen) atoms. The summed E-state index contributed by atoms with van der Waals surface area (Å²) in [5.41, 5.74) is 0.827. The molecule has 7 heteroatoms. The number of hydrogen-bond donors (Lipinski definition) is 2. The summed E-state index contributed by atoms with van der Waals surface area (Å²) in [6, 6.07) is 3.38. The number of urea groups is 1. The summed E-state index contributed by atoms with van der Waals surface area (Å²) in [6.07, 6.45) is 6.11. The van der Waals surface area contributed by atoms with Crippen LogP contribution in [0.5, 0.6) is 0 Å². The molecule has 4 rings (SSSR count). The van der Waals surface area contributed by atoms with E-state index in [4.69, 9.17) is 13.7 Å². The van der Waals surface area contributed by atoms with Crippen LogP contribution in [0, 0.1) is 12.8 Å². The zero-order valence-electron chi connectivity index (χ0n) is 13.6. The molecule has 2 aromatic heterocycles. The van der Waals surface area contributed by atoms with Crippen molar-refractivity contribution in [3.63, 3.8) is 0 Å². The number of aromatic nitrogens is 1. The summed E-state index contributed by atoms with van der Waals surface area (Å²) in [5.74, 6) is 2.38. The first kappa shape index (κ1) is 15.3. The maximum Gasteiger partial charge on any atom is 0.320 e. The van der Waals surface area contributed by atoms with Gasteiger partial charge in [0.15, 0.2) is 11.6 Å². The number of rotatable bonds is 4. The van der Waals surface area contributed by atoms with Crippen molar-refractivity contribution < 1.29 is 18.5 Å². The Hall–Kier alpha value is -2.28. The van der Waals surface area contributed by atoms with E-state index in [-0.39, 0.29) is 12.1 Å². The number of aryl methyl sites for hydroxylation is 1. The minimum absolute atomic E-state index is 0.145. The molecule has 2 amide bonds. The number of hydrogen-bond acceptors (Lipinski definition) is 5. The topological polar surface area (TPSA) is 89.5 Å². The van der Waals surface area contributed by atoms with Crippen LogP contribution in [0.4, 0.5) is 10.6 Å². The van der Waals surface area contributed by atoms with E-state index in [2.05, 4.69) is 15.8 Å². The van der Waals surface area contributed by atoms with Gasteiger partial charge in [0.05, 0.1) is 17.9 Å².